The van der Waals surface area contributed by atoms with Crippen molar-refractivity contribution in [3.05, 3.63) is 0 Å². The summed E-state index contributed by atoms with van der Waals surface area (Å²) < 4.78 is 21.9. The lowest BCUT2D eigenvalue weighted by Gasteiger charge is -2.50. The molecule has 15 atom stereocenters. The zero-order valence-corrected chi connectivity index (χ0v) is 22.2. The zero-order valence-electron chi connectivity index (χ0n) is 22.2. The van der Waals surface area contributed by atoms with Gasteiger partial charge in [0.15, 0.2) is 12.5 Å². The fourth-order valence-corrected chi connectivity index (χ4v) is 4.93. The van der Waals surface area contributed by atoms with Crippen LogP contribution in [0.1, 0.15) is 13.3 Å². The van der Waals surface area contributed by atoms with Crippen LogP contribution in [0.4, 0.5) is 0 Å². The minimum Gasteiger partial charge on any atom is -0.477 e. The monoisotopic (exact) mass is 618 g/mol. The quantitative estimate of drug-likeness (QED) is 0.102. The molecule has 20 heteroatoms. The number of hydrogen-bond donors (Lipinski definition) is 13. The molecule has 244 valence electrons. The molecule has 1 amide bonds. The fourth-order valence-electron chi connectivity index (χ4n) is 4.93. The Kier molecular flexibility index (Phi) is 11.9. The molecule has 42 heavy (non-hydrogen) atoms. The van der Waals surface area contributed by atoms with Gasteiger partial charge in [0.05, 0.1) is 32.0 Å². The van der Waals surface area contributed by atoms with Crippen molar-refractivity contribution in [1.29, 1.82) is 0 Å². The van der Waals surface area contributed by atoms with Crippen LogP contribution in [-0.4, -0.2) is 179 Å². The molecule has 3 rings (SSSR count). The summed E-state index contributed by atoms with van der Waals surface area (Å²) in [5, 5.41) is 114. The van der Waals surface area contributed by atoms with Crippen LogP contribution in [0.25, 0.3) is 0 Å². The fraction of sp³-hybridized carbons (Fsp3) is 0.909. The maximum absolute atomic E-state index is 12.5. The van der Waals surface area contributed by atoms with Crippen LogP contribution < -0.4 is 10.8 Å². The molecule has 0 radical (unpaired) electrons. The van der Waals surface area contributed by atoms with E-state index in [-0.39, 0.29) is 0 Å². The molecule has 0 saturated carbocycles. The van der Waals surface area contributed by atoms with Crippen LogP contribution >= 0.6 is 0 Å². The Morgan fingerprint density at radius 1 is 1.00 bits per heavy atom. The molecule has 0 aliphatic carbocycles. The zero-order chi connectivity index (χ0) is 31.5. The molecule has 0 bridgehead atoms. The lowest BCUT2D eigenvalue weighted by molar-refractivity contribution is -0.382. The second-order valence-electron chi connectivity index (χ2n) is 10.2. The summed E-state index contributed by atoms with van der Waals surface area (Å²) in [6.07, 6.45) is -24.9. The van der Waals surface area contributed by atoms with Crippen molar-refractivity contribution in [3.63, 3.8) is 0 Å². The number of aliphatic hydroxyl groups is 10. The number of carboxylic acids is 1. The van der Waals surface area contributed by atoms with Crippen molar-refractivity contribution in [2.75, 3.05) is 19.8 Å². The predicted molar refractivity (Wildman–Crippen MR) is 127 cm³/mol. The first-order valence-electron chi connectivity index (χ1n) is 12.9. The third kappa shape index (κ3) is 7.15. The Balaban J connectivity index is 1.94. The lowest BCUT2D eigenvalue weighted by atomic mass is 9.88. The number of carboxylic acid groups (broad SMARTS) is 1. The molecule has 3 fully saturated rings. The molecular formula is C22H38N2O18. The van der Waals surface area contributed by atoms with Gasteiger partial charge in [-0.1, -0.05) is 0 Å². The van der Waals surface area contributed by atoms with Crippen molar-refractivity contribution in [2.45, 2.75) is 105 Å². The highest BCUT2D eigenvalue weighted by Gasteiger charge is 2.60. The average molecular weight is 619 g/mol. The Labute approximate surface area is 237 Å². The molecule has 13 N–H and O–H groups in total. The second kappa shape index (κ2) is 14.4. The smallest absolute Gasteiger partial charge is 0.364 e. The van der Waals surface area contributed by atoms with E-state index in [1.54, 1.807) is 0 Å². The molecule has 0 aromatic rings. The molecule has 20 nitrogen and oxygen atoms in total. The van der Waals surface area contributed by atoms with Gasteiger partial charge in [0.25, 0.3) is 5.79 Å². The number of aliphatic carboxylic acids is 1. The molecule has 3 aliphatic rings. The van der Waals surface area contributed by atoms with Gasteiger partial charge in [-0.2, -0.15) is 5.48 Å². The number of amides is 1. The molecule has 3 aliphatic heterocycles. The maximum atomic E-state index is 12.5. The van der Waals surface area contributed by atoms with E-state index in [2.05, 4.69) is 5.32 Å². The van der Waals surface area contributed by atoms with Gasteiger partial charge in [0.1, 0.15) is 61.0 Å². The van der Waals surface area contributed by atoms with Crippen LogP contribution in [0, 0.1) is 0 Å². The average Bonchev–Trinajstić information content (AvgIpc) is 2.95. The highest BCUT2D eigenvalue weighted by molar-refractivity contribution is 5.76. The lowest BCUT2D eigenvalue weighted by Crippen LogP contribution is -2.70. The van der Waals surface area contributed by atoms with Crippen molar-refractivity contribution in [2.24, 2.45) is 0 Å². The number of hydrogen-bond acceptors (Lipinski definition) is 18. The molecule has 8 unspecified atom stereocenters. The van der Waals surface area contributed by atoms with Gasteiger partial charge in [0, 0.05) is 13.3 Å². The number of carbonyl (C=O) groups is 2. The number of hydroxylamine groups is 1. The minimum absolute atomic E-state index is 0.737. The topological polar surface area (TPSA) is 327 Å². The van der Waals surface area contributed by atoms with Gasteiger partial charge in [-0.05, 0) is 0 Å². The number of rotatable bonds is 11. The summed E-state index contributed by atoms with van der Waals surface area (Å²) in [4.78, 5) is 29.2. The van der Waals surface area contributed by atoms with E-state index in [1.807, 2.05) is 5.48 Å². The highest BCUT2D eigenvalue weighted by atomic mass is 16.8. The van der Waals surface area contributed by atoms with Gasteiger partial charge in [-0.15, -0.1) is 0 Å². The highest BCUT2D eigenvalue weighted by Crippen LogP contribution is 2.38. The first kappa shape index (κ1) is 34.8. The van der Waals surface area contributed by atoms with Crippen molar-refractivity contribution in [3.8, 4) is 0 Å². The number of nitrogens with one attached hydrogen (secondary N) is 2. The van der Waals surface area contributed by atoms with E-state index in [1.165, 1.54) is 0 Å². The summed E-state index contributed by atoms with van der Waals surface area (Å²) in [5.41, 5.74) is 2.04. The molecule has 0 spiro atoms. The maximum Gasteiger partial charge on any atom is 0.364 e. The summed E-state index contributed by atoms with van der Waals surface area (Å²) in [5.74, 6) is -5.68. The van der Waals surface area contributed by atoms with Crippen LogP contribution in [0.5, 0.6) is 0 Å². The van der Waals surface area contributed by atoms with Crippen LogP contribution in [0.3, 0.4) is 0 Å². The first-order chi connectivity index (χ1) is 19.7. The molecular weight excluding hydrogens is 580 g/mol. The Morgan fingerprint density at radius 2 is 1.64 bits per heavy atom. The van der Waals surface area contributed by atoms with Gasteiger partial charge in [-0.25, -0.2) is 4.79 Å². The van der Waals surface area contributed by atoms with Crippen molar-refractivity contribution >= 4 is 11.9 Å². The summed E-state index contributed by atoms with van der Waals surface area (Å²) in [7, 11) is 0. The number of carbonyl (C=O) groups excluding carboxylic acids is 1. The van der Waals surface area contributed by atoms with E-state index >= 15 is 0 Å². The first-order valence-corrected chi connectivity index (χ1v) is 12.9. The van der Waals surface area contributed by atoms with Crippen molar-refractivity contribution in [1.82, 2.24) is 10.8 Å². The molecule has 3 heterocycles. The number of ether oxygens (including phenoxy) is 4. The second-order valence-corrected chi connectivity index (χ2v) is 10.2. The Hall–Kier alpha value is -1.70. The number of aliphatic hydroxyl groups excluding tert-OH is 10. The van der Waals surface area contributed by atoms with Gasteiger partial charge in [-0.3, -0.25) is 9.63 Å². The molecule has 0 aromatic carbocycles. The standard InChI is InChI=1S/C22H38N2O18/c1-6(28)23-11-7(29)2-22(21(36)37,40-17(11)12(31)8(30)3-25)41-18-13(32)9(4-26)38-20(15(18)34)39-16-10(5-27)42-24-19(35)14(16)33/h7-20,24-27,29-35H,2-5H2,1H3,(H,23,28)(H,36,37)/t7?,8-,9?,10?,11-,12-,13+,14?,15?,16-,17?,18?,19?,20+,22+/m1/s1. The van der Waals surface area contributed by atoms with E-state index < -0.39 is 130 Å². The van der Waals surface area contributed by atoms with Gasteiger partial charge < -0.3 is 80.4 Å². The van der Waals surface area contributed by atoms with Crippen LogP contribution in [-0.2, 0) is 33.4 Å². The van der Waals surface area contributed by atoms with Crippen molar-refractivity contribution < 1.29 is 89.5 Å². The summed E-state index contributed by atoms with van der Waals surface area (Å²) in [6.45, 7) is -1.69. The molecule has 3 saturated heterocycles. The summed E-state index contributed by atoms with van der Waals surface area (Å²) in [6, 6.07) is -1.52. The van der Waals surface area contributed by atoms with E-state index in [0.29, 0.717) is 0 Å². The largest absolute Gasteiger partial charge is 0.477 e. The van der Waals surface area contributed by atoms with E-state index in [0.717, 1.165) is 6.92 Å². The molecule has 0 aromatic heterocycles. The van der Waals surface area contributed by atoms with Gasteiger partial charge in [0.2, 0.25) is 5.91 Å². The predicted octanol–water partition coefficient (Wildman–Crippen LogP) is -8.08. The SMILES string of the molecule is CC(=O)N[C@@H]1C(O)C[C@](OC2C(O)[C@H](O[C@@H]3C(CO)ONC(O)C3O)OC(CO)[C@@H]2O)(C(=O)O)OC1[C@H](O)[C@H](O)CO. The minimum atomic E-state index is -3.00. The van der Waals surface area contributed by atoms with E-state index in [4.69, 9.17) is 23.8 Å². The Bertz CT molecular complexity index is 915. The Morgan fingerprint density at radius 3 is 2.19 bits per heavy atom. The summed E-state index contributed by atoms with van der Waals surface area (Å²) >= 11 is 0. The third-order valence-electron chi connectivity index (χ3n) is 7.17. The van der Waals surface area contributed by atoms with Crippen LogP contribution in [0.2, 0.25) is 0 Å². The van der Waals surface area contributed by atoms with E-state index in [9.17, 15) is 65.8 Å². The van der Waals surface area contributed by atoms with Crippen LogP contribution in [0.15, 0.2) is 0 Å². The normalized spacial score (nSPS) is 44.3. The van der Waals surface area contributed by atoms with Gasteiger partial charge >= 0.3 is 5.97 Å². The third-order valence-corrected chi connectivity index (χ3v) is 7.17.